The van der Waals surface area contributed by atoms with Crippen LogP contribution in [0, 0.1) is 6.92 Å². The lowest BCUT2D eigenvalue weighted by Gasteiger charge is -2.22. The highest BCUT2D eigenvalue weighted by Crippen LogP contribution is 2.35. The Bertz CT molecular complexity index is 1030. The number of nitrogens with zero attached hydrogens (tertiary/aromatic N) is 1. The molecule has 1 aromatic heterocycles. The molecule has 1 heterocycles. The average molecular weight is 386 g/mol. The van der Waals surface area contributed by atoms with E-state index < -0.39 is 0 Å². The molecule has 0 unspecified atom stereocenters. The summed E-state index contributed by atoms with van der Waals surface area (Å²) in [6.45, 7) is 8.41. The maximum Gasteiger partial charge on any atom is 0.248 e. The molecule has 0 radical (unpaired) electrons. The number of carbonyl (C=O) groups excluding carboxylic acids is 1. The highest BCUT2D eigenvalue weighted by molar-refractivity contribution is 6.02. The standard InChI is InChI=1S/C25H26N2O2/c1-18-9-7-10-19(17-18)14-15-23(28)27-21-12-8-16-26-24(21)29-22-13-6-5-11-20(22)25(2,3)4/h5-17H,1-4H3,(H,27,28)/b15-14+. The van der Waals surface area contributed by atoms with E-state index in [1.54, 1.807) is 24.4 Å². The lowest BCUT2D eigenvalue weighted by molar-refractivity contribution is -0.111. The van der Waals surface area contributed by atoms with Crippen LogP contribution in [-0.2, 0) is 10.2 Å². The van der Waals surface area contributed by atoms with E-state index in [0.29, 0.717) is 11.6 Å². The van der Waals surface area contributed by atoms with Gasteiger partial charge in [-0.2, -0.15) is 0 Å². The van der Waals surface area contributed by atoms with Crippen LogP contribution in [0.5, 0.6) is 11.6 Å². The van der Waals surface area contributed by atoms with Crippen LogP contribution in [0.1, 0.15) is 37.5 Å². The monoisotopic (exact) mass is 386 g/mol. The van der Waals surface area contributed by atoms with Gasteiger partial charge in [0.25, 0.3) is 0 Å². The molecule has 0 aliphatic heterocycles. The van der Waals surface area contributed by atoms with Crippen molar-refractivity contribution in [3.05, 3.63) is 89.6 Å². The number of hydrogen-bond donors (Lipinski definition) is 1. The molecule has 148 valence electrons. The van der Waals surface area contributed by atoms with E-state index in [-0.39, 0.29) is 11.3 Å². The molecule has 1 amide bonds. The molecule has 0 aliphatic carbocycles. The summed E-state index contributed by atoms with van der Waals surface area (Å²) >= 11 is 0. The Morgan fingerprint density at radius 1 is 1.03 bits per heavy atom. The van der Waals surface area contributed by atoms with Crippen molar-refractivity contribution in [1.82, 2.24) is 4.98 Å². The van der Waals surface area contributed by atoms with E-state index in [2.05, 4.69) is 31.1 Å². The minimum atomic E-state index is -0.242. The number of para-hydroxylation sites is 1. The summed E-state index contributed by atoms with van der Waals surface area (Å²) in [6.07, 6.45) is 4.94. The lowest BCUT2D eigenvalue weighted by Crippen LogP contribution is -2.13. The molecule has 29 heavy (non-hydrogen) atoms. The van der Waals surface area contributed by atoms with Crippen molar-refractivity contribution >= 4 is 17.7 Å². The molecule has 0 atom stereocenters. The Kier molecular flexibility index (Phi) is 6.13. The van der Waals surface area contributed by atoms with Gasteiger partial charge in [0.05, 0.1) is 0 Å². The topological polar surface area (TPSA) is 51.2 Å². The Hall–Kier alpha value is -3.40. The SMILES string of the molecule is Cc1cccc(/C=C/C(=O)Nc2cccnc2Oc2ccccc2C(C)(C)C)c1. The maximum absolute atomic E-state index is 12.4. The summed E-state index contributed by atoms with van der Waals surface area (Å²) in [5, 5.41) is 2.86. The summed E-state index contributed by atoms with van der Waals surface area (Å²) in [7, 11) is 0. The highest BCUT2D eigenvalue weighted by Gasteiger charge is 2.20. The Morgan fingerprint density at radius 3 is 2.59 bits per heavy atom. The van der Waals surface area contributed by atoms with E-state index >= 15 is 0 Å². The van der Waals surface area contributed by atoms with Crippen LogP contribution in [0.15, 0.2) is 72.9 Å². The zero-order chi connectivity index (χ0) is 20.9. The zero-order valence-electron chi connectivity index (χ0n) is 17.3. The summed E-state index contributed by atoms with van der Waals surface area (Å²) < 4.78 is 6.10. The number of ether oxygens (including phenoxy) is 1. The van der Waals surface area contributed by atoms with Crippen molar-refractivity contribution in [2.24, 2.45) is 0 Å². The molecule has 0 spiro atoms. The number of anilines is 1. The fraction of sp³-hybridized carbons (Fsp3) is 0.200. The molecule has 2 aromatic carbocycles. The number of aromatic nitrogens is 1. The smallest absolute Gasteiger partial charge is 0.248 e. The third-order valence-corrected chi connectivity index (χ3v) is 4.40. The highest BCUT2D eigenvalue weighted by atomic mass is 16.5. The van der Waals surface area contributed by atoms with E-state index in [4.69, 9.17) is 4.74 Å². The first-order valence-electron chi connectivity index (χ1n) is 9.61. The maximum atomic E-state index is 12.4. The summed E-state index contributed by atoms with van der Waals surface area (Å²) in [5.74, 6) is 0.847. The number of rotatable bonds is 5. The number of aryl methyl sites for hydroxylation is 1. The number of hydrogen-bond acceptors (Lipinski definition) is 3. The lowest BCUT2D eigenvalue weighted by atomic mass is 9.86. The van der Waals surface area contributed by atoms with Gasteiger partial charge in [-0.3, -0.25) is 4.79 Å². The molecule has 3 aromatic rings. The van der Waals surface area contributed by atoms with Crippen molar-refractivity contribution in [2.45, 2.75) is 33.1 Å². The van der Waals surface area contributed by atoms with Gasteiger partial charge in [-0.15, -0.1) is 0 Å². The molecule has 1 N–H and O–H groups in total. The number of pyridine rings is 1. The molecule has 0 saturated carbocycles. The van der Waals surface area contributed by atoms with Crippen molar-refractivity contribution in [2.75, 3.05) is 5.32 Å². The molecule has 4 nitrogen and oxygen atoms in total. The van der Waals surface area contributed by atoms with Crippen LogP contribution in [0.2, 0.25) is 0 Å². The first-order valence-corrected chi connectivity index (χ1v) is 9.61. The third-order valence-electron chi connectivity index (χ3n) is 4.40. The normalized spacial score (nSPS) is 11.4. The quantitative estimate of drug-likeness (QED) is 0.537. The van der Waals surface area contributed by atoms with Gasteiger partial charge in [0.2, 0.25) is 11.8 Å². The third kappa shape index (κ3) is 5.55. The Labute approximate surface area is 172 Å². The Balaban J connectivity index is 1.79. The van der Waals surface area contributed by atoms with Gasteiger partial charge in [0, 0.05) is 17.8 Å². The average Bonchev–Trinajstić information content (AvgIpc) is 2.68. The fourth-order valence-corrected chi connectivity index (χ4v) is 2.97. The number of carbonyl (C=O) groups is 1. The molecule has 3 rings (SSSR count). The van der Waals surface area contributed by atoms with Crippen LogP contribution in [0.25, 0.3) is 6.08 Å². The van der Waals surface area contributed by atoms with Crippen LogP contribution in [-0.4, -0.2) is 10.9 Å². The van der Waals surface area contributed by atoms with Gasteiger partial charge in [-0.1, -0.05) is 68.8 Å². The van der Waals surface area contributed by atoms with E-state index in [1.807, 2.05) is 55.5 Å². The molecule has 0 saturated heterocycles. The van der Waals surface area contributed by atoms with E-state index in [0.717, 1.165) is 22.4 Å². The second-order valence-electron chi connectivity index (χ2n) is 7.94. The van der Waals surface area contributed by atoms with Gasteiger partial charge in [0.1, 0.15) is 11.4 Å². The second kappa shape index (κ2) is 8.74. The minimum Gasteiger partial charge on any atom is -0.437 e. The molecule has 0 bridgehead atoms. The molecule has 0 aliphatic rings. The minimum absolute atomic E-state index is 0.0780. The summed E-state index contributed by atoms with van der Waals surface area (Å²) in [4.78, 5) is 16.7. The number of benzene rings is 2. The number of amides is 1. The number of nitrogens with one attached hydrogen (secondary N) is 1. The van der Waals surface area contributed by atoms with Crippen LogP contribution >= 0.6 is 0 Å². The summed E-state index contributed by atoms with van der Waals surface area (Å²) in [6, 6.07) is 19.4. The van der Waals surface area contributed by atoms with Gasteiger partial charge in [-0.25, -0.2) is 4.98 Å². The first-order chi connectivity index (χ1) is 13.8. The van der Waals surface area contributed by atoms with Gasteiger partial charge < -0.3 is 10.1 Å². The first kappa shape index (κ1) is 20.3. The van der Waals surface area contributed by atoms with Crippen LogP contribution in [0.3, 0.4) is 0 Å². The van der Waals surface area contributed by atoms with Gasteiger partial charge in [-0.05, 0) is 42.2 Å². The zero-order valence-corrected chi connectivity index (χ0v) is 17.3. The summed E-state index contributed by atoms with van der Waals surface area (Å²) in [5.41, 5.74) is 3.64. The van der Waals surface area contributed by atoms with Crippen molar-refractivity contribution < 1.29 is 9.53 Å². The van der Waals surface area contributed by atoms with Crippen molar-refractivity contribution in [1.29, 1.82) is 0 Å². The molecular weight excluding hydrogens is 360 g/mol. The van der Waals surface area contributed by atoms with Crippen molar-refractivity contribution in [3.63, 3.8) is 0 Å². The predicted octanol–water partition coefficient (Wildman–Crippen LogP) is 6.13. The predicted molar refractivity (Wildman–Crippen MR) is 118 cm³/mol. The van der Waals surface area contributed by atoms with E-state index in [9.17, 15) is 4.79 Å². The molecular formula is C25H26N2O2. The van der Waals surface area contributed by atoms with Gasteiger partial charge in [0.15, 0.2) is 0 Å². The second-order valence-corrected chi connectivity index (χ2v) is 7.94. The fourth-order valence-electron chi connectivity index (χ4n) is 2.97. The molecule has 0 fully saturated rings. The largest absolute Gasteiger partial charge is 0.437 e. The Morgan fingerprint density at radius 2 is 1.83 bits per heavy atom. The van der Waals surface area contributed by atoms with E-state index in [1.165, 1.54) is 6.08 Å². The van der Waals surface area contributed by atoms with Gasteiger partial charge >= 0.3 is 0 Å². The van der Waals surface area contributed by atoms with Crippen LogP contribution < -0.4 is 10.1 Å². The van der Waals surface area contributed by atoms with Crippen molar-refractivity contribution in [3.8, 4) is 11.6 Å². The molecule has 4 heteroatoms. The van der Waals surface area contributed by atoms with Crippen LogP contribution in [0.4, 0.5) is 5.69 Å².